The van der Waals surface area contributed by atoms with Gasteiger partial charge in [-0.1, -0.05) is 31.5 Å². The monoisotopic (exact) mass is 283 g/mol. The fraction of sp³-hybridized carbons (Fsp3) is 0.412. The van der Waals surface area contributed by atoms with Gasteiger partial charge in [-0.3, -0.25) is 4.79 Å². The Morgan fingerprint density at radius 1 is 1.38 bits per heavy atom. The van der Waals surface area contributed by atoms with Gasteiger partial charge in [0.15, 0.2) is 0 Å². The van der Waals surface area contributed by atoms with Crippen LogP contribution < -0.4 is 11.1 Å². The van der Waals surface area contributed by atoms with Crippen molar-refractivity contribution in [3.63, 3.8) is 0 Å². The predicted molar refractivity (Wildman–Crippen MR) is 85.0 cm³/mol. The number of nitrogens with two attached hydrogens (primary N) is 1. The van der Waals surface area contributed by atoms with Crippen molar-refractivity contribution < 1.29 is 4.79 Å². The molecular formula is C17H21N3O. The van der Waals surface area contributed by atoms with Crippen LogP contribution in [-0.2, 0) is 0 Å². The van der Waals surface area contributed by atoms with Gasteiger partial charge in [0.05, 0.1) is 5.52 Å². The Bertz CT molecular complexity index is 668. The van der Waals surface area contributed by atoms with E-state index in [2.05, 4.69) is 17.2 Å². The van der Waals surface area contributed by atoms with Crippen molar-refractivity contribution in [3.8, 4) is 0 Å². The number of rotatable bonds is 3. The van der Waals surface area contributed by atoms with Crippen molar-refractivity contribution in [3.05, 3.63) is 36.0 Å². The minimum atomic E-state index is -0.132. The molecule has 1 aliphatic carbocycles. The molecule has 1 fully saturated rings. The van der Waals surface area contributed by atoms with Gasteiger partial charge in [-0.2, -0.15) is 0 Å². The maximum absolute atomic E-state index is 12.2. The quantitative estimate of drug-likeness (QED) is 0.910. The highest BCUT2D eigenvalue weighted by molar-refractivity contribution is 5.99. The Balaban J connectivity index is 1.72. The van der Waals surface area contributed by atoms with E-state index in [1.54, 1.807) is 6.07 Å². The van der Waals surface area contributed by atoms with Crippen molar-refractivity contribution in [1.29, 1.82) is 0 Å². The van der Waals surface area contributed by atoms with Gasteiger partial charge in [0.25, 0.3) is 5.91 Å². The van der Waals surface area contributed by atoms with E-state index in [0.29, 0.717) is 17.3 Å². The van der Waals surface area contributed by atoms with E-state index in [-0.39, 0.29) is 5.91 Å². The fourth-order valence-corrected chi connectivity index (χ4v) is 3.16. The topological polar surface area (TPSA) is 68.0 Å². The summed E-state index contributed by atoms with van der Waals surface area (Å²) in [6, 6.07) is 9.27. The molecule has 1 aromatic heterocycles. The lowest BCUT2D eigenvalue weighted by molar-refractivity contribution is 0.0942. The van der Waals surface area contributed by atoms with Crippen LogP contribution in [0.4, 0.5) is 5.69 Å². The number of anilines is 1. The lowest BCUT2D eigenvalue weighted by Gasteiger charge is -2.11. The minimum absolute atomic E-state index is 0.132. The molecule has 0 bridgehead atoms. The Kier molecular flexibility index (Phi) is 3.78. The third-order valence-electron chi connectivity index (χ3n) is 4.34. The Morgan fingerprint density at radius 2 is 2.19 bits per heavy atom. The van der Waals surface area contributed by atoms with Gasteiger partial charge in [0, 0.05) is 17.6 Å². The van der Waals surface area contributed by atoms with Crippen molar-refractivity contribution in [2.45, 2.75) is 26.2 Å². The third-order valence-corrected chi connectivity index (χ3v) is 4.34. The summed E-state index contributed by atoms with van der Waals surface area (Å²) in [5.41, 5.74) is 7.77. The molecule has 2 unspecified atom stereocenters. The maximum atomic E-state index is 12.2. The molecule has 3 N–H and O–H groups in total. The summed E-state index contributed by atoms with van der Waals surface area (Å²) < 4.78 is 0. The minimum Gasteiger partial charge on any atom is -0.398 e. The third kappa shape index (κ3) is 2.99. The van der Waals surface area contributed by atoms with Crippen LogP contribution in [0.1, 0.15) is 36.7 Å². The zero-order valence-corrected chi connectivity index (χ0v) is 12.3. The number of aromatic nitrogens is 1. The second kappa shape index (κ2) is 5.72. The van der Waals surface area contributed by atoms with Crippen LogP contribution in [-0.4, -0.2) is 17.4 Å². The average molecular weight is 283 g/mol. The van der Waals surface area contributed by atoms with E-state index in [1.165, 1.54) is 19.3 Å². The van der Waals surface area contributed by atoms with Gasteiger partial charge >= 0.3 is 0 Å². The zero-order valence-electron chi connectivity index (χ0n) is 12.3. The first-order chi connectivity index (χ1) is 10.1. The SMILES string of the molecule is CC1CCC(CNC(=O)c2cc(N)c3ccccc3n2)C1. The number of nitrogens with one attached hydrogen (secondary N) is 1. The maximum Gasteiger partial charge on any atom is 0.269 e. The fourth-order valence-electron chi connectivity index (χ4n) is 3.16. The molecule has 110 valence electrons. The van der Waals surface area contributed by atoms with Crippen LogP contribution in [0.3, 0.4) is 0 Å². The van der Waals surface area contributed by atoms with E-state index in [4.69, 9.17) is 5.73 Å². The number of fused-ring (bicyclic) bond motifs is 1. The molecular weight excluding hydrogens is 262 g/mol. The van der Waals surface area contributed by atoms with Gasteiger partial charge < -0.3 is 11.1 Å². The number of carbonyl (C=O) groups excluding carboxylic acids is 1. The zero-order chi connectivity index (χ0) is 14.8. The highest BCUT2D eigenvalue weighted by atomic mass is 16.1. The summed E-state index contributed by atoms with van der Waals surface area (Å²) in [4.78, 5) is 16.7. The summed E-state index contributed by atoms with van der Waals surface area (Å²) in [5, 5.41) is 3.88. The molecule has 1 amide bonds. The van der Waals surface area contributed by atoms with Crippen LogP contribution in [0.5, 0.6) is 0 Å². The van der Waals surface area contributed by atoms with Crippen LogP contribution >= 0.6 is 0 Å². The molecule has 4 nitrogen and oxygen atoms in total. The van der Waals surface area contributed by atoms with Gasteiger partial charge in [0.1, 0.15) is 5.69 Å². The van der Waals surface area contributed by atoms with E-state index in [9.17, 15) is 4.79 Å². The molecule has 3 rings (SSSR count). The molecule has 1 heterocycles. The second-order valence-electron chi connectivity index (χ2n) is 6.11. The second-order valence-corrected chi connectivity index (χ2v) is 6.11. The van der Waals surface area contributed by atoms with Crippen LogP contribution in [0, 0.1) is 11.8 Å². The Morgan fingerprint density at radius 3 is 2.95 bits per heavy atom. The summed E-state index contributed by atoms with van der Waals surface area (Å²) in [6.07, 6.45) is 3.67. The van der Waals surface area contributed by atoms with E-state index < -0.39 is 0 Å². The number of carbonyl (C=O) groups is 1. The molecule has 1 saturated carbocycles. The first-order valence-electron chi connectivity index (χ1n) is 7.57. The number of hydrogen-bond donors (Lipinski definition) is 2. The highest BCUT2D eigenvalue weighted by Crippen LogP contribution is 2.29. The molecule has 2 atom stereocenters. The van der Waals surface area contributed by atoms with Gasteiger partial charge in [-0.15, -0.1) is 0 Å². The molecule has 0 radical (unpaired) electrons. The normalized spacial score (nSPS) is 21.6. The summed E-state index contributed by atoms with van der Waals surface area (Å²) in [6.45, 7) is 3.00. The number of pyridine rings is 1. The standard InChI is InChI=1S/C17H21N3O/c1-11-6-7-12(8-11)10-19-17(21)16-9-14(18)13-4-2-3-5-15(13)20-16/h2-5,9,11-12H,6-8,10H2,1H3,(H2,18,20)(H,19,21). The molecule has 1 aromatic carbocycles. The van der Waals surface area contributed by atoms with Crippen molar-refractivity contribution >= 4 is 22.5 Å². The van der Waals surface area contributed by atoms with Crippen LogP contribution in [0.15, 0.2) is 30.3 Å². The lowest BCUT2D eigenvalue weighted by atomic mass is 10.1. The molecule has 21 heavy (non-hydrogen) atoms. The number of benzene rings is 1. The van der Waals surface area contributed by atoms with Gasteiger partial charge in [-0.25, -0.2) is 4.98 Å². The number of para-hydroxylation sites is 1. The average Bonchev–Trinajstić information content (AvgIpc) is 2.90. The van der Waals surface area contributed by atoms with E-state index >= 15 is 0 Å². The van der Waals surface area contributed by atoms with Crippen molar-refractivity contribution in [2.75, 3.05) is 12.3 Å². The van der Waals surface area contributed by atoms with E-state index in [1.807, 2.05) is 24.3 Å². The summed E-state index contributed by atoms with van der Waals surface area (Å²) in [7, 11) is 0. The van der Waals surface area contributed by atoms with Crippen molar-refractivity contribution in [2.24, 2.45) is 11.8 Å². The molecule has 0 saturated heterocycles. The van der Waals surface area contributed by atoms with E-state index in [0.717, 1.165) is 23.4 Å². The number of nitrogens with zero attached hydrogens (tertiary/aromatic N) is 1. The van der Waals surface area contributed by atoms with Crippen LogP contribution in [0.2, 0.25) is 0 Å². The largest absolute Gasteiger partial charge is 0.398 e. The summed E-state index contributed by atoms with van der Waals surface area (Å²) >= 11 is 0. The van der Waals surface area contributed by atoms with Crippen LogP contribution in [0.25, 0.3) is 10.9 Å². The molecule has 2 aromatic rings. The summed E-state index contributed by atoms with van der Waals surface area (Å²) in [5.74, 6) is 1.25. The molecule has 1 aliphatic rings. The van der Waals surface area contributed by atoms with Crippen molar-refractivity contribution in [1.82, 2.24) is 10.3 Å². The first kappa shape index (κ1) is 13.9. The smallest absolute Gasteiger partial charge is 0.269 e. The lowest BCUT2D eigenvalue weighted by Crippen LogP contribution is -2.29. The molecule has 0 aliphatic heterocycles. The first-order valence-corrected chi connectivity index (χ1v) is 7.57. The van der Waals surface area contributed by atoms with Gasteiger partial charge in [0.2, 0.25) is 0 Å². The number of nitrogen functional groups attached to an aromatic ring is 1. The Hall–Kier alpha value is -2.10. The highest BCUT2D eigenvalue weighted by Gasteiger charge is 2.22. The molecule has 4 heteroatoms. The number of amides is 1. The number of hydrogen-bond acceptors (Lipinski definition) is 3. The molecule has 0 spiro atoms. The predicted octanol–water partition coefficient (Wildman–Crippen LogP) is 2.98. The Labute approximate surface area is 124 Å². The van der Waals surface area contributed by atoms with Gasteiger partial charge in [-0.05, 0) is 36.8 Å².